The molecule has 0 aromatic carbocycles. The molecule has 3 heterocycles. The lowest BCUT2D eigenvalue weighted by molar-refractivity contribution is -0.138. The average Bonchev–Trinajstić information content (AvgIpc) is 2.78. The van der Waals surface area contributed by atoms with Crippen molar-refractivity contribution in [2.75, 3.05) is 0 Å². The van der Waals surface area contributed by atoms with Crippen molar-refractivity contribution < 1.29 is 9.90 Å². The van der Waals surface area contributed by atoms with Gasteiger partial charge in [0.25, 0.3) is 5.56 Å². The highest BCUT2D eigenvalue weighted by Gasteiger charge is 2.12. The summed E-state index contributed by atoms with van der Waals surface area (Å²) in [5.41, 5.74) is 0.994. The highest BCUT2D eigenvalue weighted by Crippen LogP contribution is 2.26. The number of nitrogens with zero attached hydrogens (tertiary/aromatic N) is 3. The Morgan fingerprint density at radius 3 is 2.94 bits per heavy atom. The molecule has 3 aromatic heterocycles. The lowest BCUT2D eigenvalue weighted by Crippen LogP contribution is -2.27. The average molecular weight is 263 g/mol. The first-order valence-corrected chi connectivity index (χ1v) is 6.07. The number of hydrogen-bond acceptors (Lipinski definition) is 4. The summed E-state index contributed by atoms with van der Waals surface area (Å²) in [7, 11) is 0. The van der Waals surface area contributed by atoms with Gasteiger partial charge in [-0.1, -0.05) is 0 Å². The van der Waals surface area contributed by atoms with Gasteiger partial charge in [-0.05, 0) is 19.1 Å². The molecule has 0 saturated carbocycles. The van der Waals surface area contributed by atoms with Crippen molar-refractivity contribution in [2.24, 2.45) is 0 Å². The molecule has 0 amide bonds. The van der Waals surface area contributed by atoms with Crippen molar-refractivity contribution in [3.05, 3.63) is 33.7 Å². The van der Waals surface area contributed by atoms with E-state index in [1.54, 1.807) is 21.8 Å². The SMILES string of the molecule is Cc1cc2c(cc3c(=O)n(CC(=O)O)ncn32)s1. The third-order valence-corrected chi connectivity index (χ3v) is 3.68. The Kier molecular flexibility index (Phi) is 2.24. The van der Waals surface area contributed by atoms with Crippen LogP contribution < -0.4 is 5.56 Å². The molecule has 0 bridgehead atoms. The van der Waals surface area contributed by atoms with Crippen LogP contribution in [0.25, 0.3) is 15.7 Å². The van der Waals surface area contributed by atoms with Crippen LogP contribution in [-0.4, -0.2) is 25.3 Å². The number of carboxylic acid groups (broad SMARTS) is 1. The number of aliphatic carboxylic acids is 1. The molecule has 0 spiro atoms. The van der Waals surface area contributed by atoms with Crippen LogP contribution in [-0.2, 0) is 11.3 Å². The van der Waals surface area contributed by atoms with E-state index in [0.29, 0.717) is 5.52 Å². The Morgan fingerprint density at radius 2 is 2.22 bits per heavy atom. The molecule has 0 radical (unpaired) electrons. The number of carbonyl (C=O) groups is 1. The number of rotatable bonds is 2. The Hall–Kier alpha value is -2.15. The quantitative estimate of drug-likeness (QED) is 0.751. The van der Waals surface area contributed by atoms with Gasteiger partial charge in [-0.25, -0.2) is 4.68 Å². The Labute approximate surface area is 105 Å². The predicted molar refractivity (Wildman–Crippen MR) is 67.2 cm³/mol. The topological polar surface area (TPSA) is 76.6 Å². The van der Waals surface area contributed by atoms with Crippen molar-refractivity contribution in [2.45, 2.75) is 13.5 Å². The van der Waals surface area contributed by atoms with Gasteiger partial charge in [-0.15, -0.1) is 11.3 Å². The van der Waals surface area contributed by atoms with E-state index in [2.05, 4.69) is 5.10 Å². The predicted octanol–water partition coefficient (Wildman–Crippen LogP) is 1.10. The number of aromatic nitrogens is 3. The van der Waals surface area contributed by atoms with Crippen molar-refractivity contribution >= 4 is 33.0 Å². The Bertz CT molecular complexity index is 827. The molecule has 0 fully saturated rings. The van der Waals surface area contributed by atoms with E-state index in [1.807, 2.05) is 13.0 Å². The van der Waals surface area contributed by atoms with Gasteiger partial charge < -0.3 is 5.11 Å². The summed E-state index contributed by atoms with van der Waals surface area (Å²) in [6.45, 7) is 1.57. The molecule has 92 valence electrons. The third-order valence-electron chi connectivity index (χ3n) is 2.70. The number of fused-ring (bicyclic) bond motifs is 3. The van der Waals surface area contributed by atoms with Gasteiger partial charge in [0.15, 0.2) is 0 Å². The maximum Gasteiger partial charge on any atom is 0.325 e. The minimum Gasteiger partial charge on any atom is -0.480 e. The second-order valence-corrected chi connectivity index (χ2v) is 5.28. The molecular weight excluding hydrogens is 254 g/mol. The lowest BCUT2D eigenvalue weighted by atomic mass is 10.4. The standard InChI is InChI=1S/C11H9N3O3S/c1-6-2-7-9(18-6)3-8-11(17)14(4-10(15)16)12-5-13(7)8/h2-3,5H,4H2,1H3,(H,15,16). The van der Waals surface area contributed by atoms with E-state index in [-0.39, 0.29) is 5.56 Å². The van der Waals surface area contributed by atoms with Crippen LogP contribution >= 0.6 is 11.3 Å². The molecule has 0 aliphatic rings. The highest BCUT2D eigenvalue weighted by molar-refractivity contribution is 7.19. The first-order chi connectivity index (χ1) is 8.56. The molecule has 0 aliphatic carbocycles. The Balaban J connectivity index is 2.32. The molecule has 3 aromatic rings. The zero-order chi connectivity index (χ0) is 12.9. The highest BCUT2D eigenvalue weighted by atomic mass is 32.1. The van der Waals surface area contributed by atoms with Gasteiger partial charge in [-0.2, -0.15) is 5.10 Å². The van der Waals surface area contributed by atoms with Crippen LogP contribution in [0.3, 0.4) is 0 Å². The summed E-state index contributed by atoms with van der Waals surface area (Å²) in [5.74, 6) is -1.09. The van der Waals surface area contributed by atoms with Crippen molar-refractivity contribution in [3.8, 4) is 0 Å². The van der Waals surface area contributed by atoms with Gasteiger partial charge in [-0.3, -0.25) is 14.0 Å². The minimum atomic E-state index is -1.09. The van der Waals surface area contributed by atoms with Crippen LogP contribution in [0.5, 0.6) is 0 Å². The summed E-state index contributed by atoms with van der Waals surface area (Å²) in [6, 6.07) is 3.75. The number of hydrogen-bond donors (Lipinski definition) is 1. The van der Waals surface area contributed by atoms with E-state index < -0.39 is 12.5 Å². The monoisotopic (exact) mass is 263 g/mol. The van der Waals surface area contributed by atoms with Gasteiger partial charge >= 0.3 is 5.97 Å². The molecule has 0 saturated heterocycles. The van der Waals surface area contributed by atoms with Crippen LogP contribution in [0, 0.1) is 6.92 Å². The zero-order valence-electron chi connectivity index (χ0n) is 9.45. The smallest absolute Gasteiger partial charge is 0.325 e. The molecule has 6 nitrogen and oxygen atoms in total. The van der Waals surface area contributed by atoms with E-state index in [1.165, 1.54) is 6.33 Å². The molecule has 1 N–H and O–H groups in total. The Morgan fingerprint density at radius 1 is 1.44 bits per heavy atom. The fraction of sp³-hybridized carbons (Fsp3) is 0.182. The maximum absolute atomic E-state index is 12.0. The maximum atomic E-state index is 12.0. The molecule has 7 heteroatoms. The summed E-state index contributed by atoms with van der Waals surface area (Å²) >= 11 is 1.59. The fourth-order valence-corrected chi connectivity index (χ4v) is 2.91. The molecular formula is C11H9N3O3S. The van der Waals surface area contributed by atoms with Crippen molar-refractivity contribution in [3.63, 3.8) is 0 Å². The zero-order valence-corrected chi connectivity index (χ0v) is 10.3. The second kappa shape index (κ2) is 3.67. The number of carboxylic acids is 1. The van der Waals surface area contributed by atoms with Crippen LogP contribution in [0.4, 0.5) is 0 Å². The summed E-state index contributed by atoms with van der Waals surface area (Å²) in [5, 5.41) is 12.6. The van der Waals surface area contributed by atoms with Gasteiger partial charge in [0.2, 0.25) is 0 Å². The van der Waals surface area contributed by atoms with Gasteiger partial charge in [0.1, 0.15) is 18.4 Å². The number of thiophene rings is 1. The summed E-state index contributed by atoms with van der Waals surface area (Å²) in [4.78, 5) is 23.8. The van der Waals surface area contributed by atoms with Crippen molar-refractivity contribution in [1.82, 2.24) is 14.2 Å². The fourth-order valence-electron chi connectivity index (χ4n) is 1.96. The van der Waals surface area contributed by atoms with E-state index >= 15 is 0 Å². The largest absolute Gasteiger partial charge is 0.480 e. The summed E-state index contributed by atoms with van der Waals surface area (Å²) in [6.07, 6.45) is 1.48. The van der Waals surface area contributed by atoms with E-state index in [9.17, 15) is 9.59 Å². The van der Waals surface area contributed by atoms with Crippen LogP contribution in [0.1, 0.15) is 4.88 Å². The second-order valence-electron chi connectivity index (χ2n) is 3.99. The van der Waals surface area contributed by atoms with E-state index in [4.69, 9.17) is 5.11 Å². The van der Waals surface area contributed by atoms with Gasteiger partial charge in [0, 0.05) is 4.88 Å². The van der Waals surface area contributed by atoms with Crippen LogP contribution in [0.2, 0.25) is 0 Å². The van der Waals surface area contributed by atoms with Gasteiger partial charge in [0.05, 0.1) is 10.2 Å². The molecule has 3 rings (SSSR count). The first kappa shape index (κ1) is 11.0. The van der Waals surface area contributed by atoms with Crippen molar-refractivity contribution in [1.29, 1.82) is 0 Å². The van der Waals surface area contributed by atoms with E-state index in [0.717, 1.165) is 19.8 Å². The molecule has 0 aliphatic heterocycles. The molecule has 0 atom stereocenters. The van der Waals surface area contributed by atoms with Crippen LogP contribution in [0.15, 0.2) is 23.3 Å². The lowest BCUT2D eigenvalue weighted by Gasteiger charge is -2.01. The minimum absolute atomic E-state index is 0.388. The first-order valence-electron chi connectivity index (χ1n) is 5.25. The molecule has 18 heavy (non-hydrogen) atoms. The molecule has 0 unspecified atom stereocenters. The third kappa shape index (κ3) is 1.52. The number of aryl methyl sites for hydroxylation is 1. The normalized spacial score (nSPS) is 11.4. The summed E-state index contributed by atoms with van der Waals surface area (Å²) < 4.78 is 3.65.